The van der Waals surface area contributed by atoms with Gasteiger partial charge in [0.25, 0.3) is 11.5 Å². The summed E-state index contributed by atoms with van der Waals surface area (Å²) in [6.45, 7) is 6.64. The monoisotopic (exact) mass is 398 g/mol. The Morgan fingerprint density at radius 2 is 2.04 bits per heavy atom. The third-order valence-corrected chi connectivity index (χ3v) is 4.92. The zero-order valence-corrected chi connectivity index (χ0v) is 16.8. The van der Waals surface area contributed by atoms with Gasteiger partial charge in [-0.05, 0) is 25.2 Å². The van der Waals surface area contributed by atoms with E-state index in [-0.39, 0.29) is 17.2 Å². The molecule has 3 aromatic rings. The lowest BCUT2D eigenvalue weighted by molar-refractivity contribution is 0.102. The second-order valence-electron chi connectivity index (χ2n) is 6.11. The van der Waals surface area contributed by atoms with Crippen molar-refractivity contribution in [3.63, 3.8) is 0 Å². The van der Waals surface area contributed by atoms with Crippen LogP contribution in [0.1, 0.15) is 36.3 Å². The molecule has 28 heavy (non-hydrogen) atoms. The number of aryl methyl sites for hydroxylation is 1. The number of carbonyl (C=O) groups is 1. The van der Waals surface area contributed by atoms with E-state index in [0.717, 1.165) is 24.4 Å². The summed E-state index contributed by atoms with van der Waals surface area (Å²) in [7, 11) is 0. The third-order valence-electron chi connectivity index (χ3n) is 4.17. The average Bonchev–Trinajstić information content (AvgIpc) is 3.04. The van der Waals surface area contributed by atoms with Gasteiger partial charge in [-0.2, -0.15) is 5.10 Å². The maximum absolute atomic E-state index is 12.8. The maximum Gasteiger partial charge on any atom is 0.278 e. The number of aromatic amines is 1. The molecule has 0 aliphatic rings. The van der Waals surface area contributed by atoms with E-state index in [9.17, 15) is 9.59 Å². The molecule has 2 heterocycles. The lowest BCUT2D eigenvalue weighted by atomic mass is 10.1. The normalized spacial score (nSPS) is 10.8. The highest BCUT2D eigenvalue weighted by atomic mass is 32.2. The van der Waals surface area contributed by atoms with Gasteiger partial charge < -0.3 is 5.32 Å². The van der Waals surface area contributed by atoms with E-state index in [1.807, 2.05) is 13.8 Å². The van der Waals surface area contributed by atoms with Crippen LogP contribution < -0.4 is 10.9 Å². The van der Waals surface area contributed by atoms with Crippen LogP contribution in [0.3, 0.4) is 0 Å². The van der Waals surface area contributed by atoms with Crippen molar-refractivity contribution in [2.24, 2.45) is 0 Å². The van der Waals surface area contributed by atoms with Crippen LogP contribution in [0.2, 0.25) is 0 Å². The number of carbonyl (C=O) groups excluding carboxylic acids is 1. The Bertz CT molecular complexity index is 1040. The van der Waals surface area contributed by atoms with Crippen molar-refractivity contribution in [1.29, 1.82) is 0 Å². The Labute approximate surface area is 166 Å². The van der Waals surface area contributed by atoms with Gasteiger partial charge in [-0.25, -0.2) is 0 Å². The molecule has 0 aliphatic heterocycles. The summed E-state index contributed by atoms with van der Waals surface area (Å²) in [5.41, 5.74) is 2.12. The highest BCUT2D eigenvalue weighted by molar-refractivity contribution is 7.99. The summed E-state index contributed by atoms with van der Waals surface area (Å²) in [5, 5.41) is 15.7. The minimum Gasteiger partial charge on any atom is -0.321 e. The standard InChI is InChI=1S/C19H22N6O2S/c1-4-10-25-12(3)14(11-20-25)17(26)21-15-9-7-6-8-13(15)16-18(27)22-19(24-23-16)28-5-2/h6-9,11H,4-5,10H2,1-3H3,(H,21,26)(H,22,24,27). The van der Waals surface area contributed by atoms with Crippen molar-refractivity contribution >= 4 is 23.4 Å². The SMILES string of the molecule is CCCn1ncc(C(=O)Nc2ccccc2-c2nnc(SCC)[nH]c2=O)c1C. The first-order valence-electron chi connectivity index (χ1n) is 9.08. The molecule has 2 aromatic heterocycles. The quantitative estimate of drug-likeness (QED) is 0.593. The topological polar surface area (TPSA) is 106 Å². The van der Waals surface area contributed by atoms with Gasteiger partial charge in [0.15, 0.2) is 10.9 Å². The number of para-hydroxylation sites is 1. The molecule has 1 amide bonds. The summed E-state index contributed by atoms with van der Waals surface area (Å²) >= 11 is 1.41. The van der Waals surface area contributed by atoms with Crippen LogP contribution in [0, 0.1) is 6.92 Å². The zero-order valence-electron chi connectivity index (χ0n) is 16.0. The predicted octanol–water partition coefficient (Wildman–Crippen LogP) is 3.11. The number of benzene rings is 1. The van der Waals surface area contributed by atoms with Crippen molar-refractivity contribution in [3.8, 4) is 11.3 Å². The van der Waals surface area contributed by atoms with Crippen molar-refractivity contribution in [1.82, 2.24) is 25.0 Å². The molecule has 0 aliphatic carbocycles. The molecule has 3 rings (SSSR count). The summed E-state index contributed by atoms with van der Waals surface area (Å²) in [4.78, 5) is 27.9. The van der Waals surface area contributed by atoms with Crippen molar-refractivity contribution in [2.45, 2.75) is 38.9 Å². The van der Waals surface area contributed by atoms with E-state index >= 15 is 0 Å². The smallest absolute Gasteiger partial charge is 0.278 e. The van der Waals surface area contributed by atoms with Crippen molar-refractivity contribution in [3.05, 3.63) is 52.1 Å². The first-order chi connectivity index (χ1) is 13.5. The van der Waals surface area contributed by atoms with Gasteiger partial charge in [-0.1, -0.05) is 43.8 Å². The molecule has 0 atom stereocenters. The average molecular weight is 398 g/mol. The minimum atomic E-state index is -0.348. The molecule has 0 spiro atoms. The summed E-state index contributed by atoms with van der Waals surface area (Å²) in [6.07, 6.45) is 2.49. The number of aromatic nitrogens is 5. The predicted molar refractivity (Wildman–Crippen MR) is 110 cm³/mol. The van der Waals surface area contributed by atoms with E-state index < -0.39 is 0 Å². The number of hydrogen-bond acceptors (Lipinski definition) is 6. The van der Waals surface area contributed by atoms with Gasteiger partial charge in [-0.15, -0.1) is 10.2 Å². The molecule has 0 unspecified atom stereocenters. The fourth-order valence-corrected chi connectivity index (χ4v) is 3.33. The van der Waals surface area contributed by atoms with Crippen molar-refractivity contribution in [2.75, 3.05) is 11.1 Å². The third kappa shape index (κ3) is 4.14. The van der Waals surface area contributed by atoms with E-state index in [2.05, 4.69) is 32.5 Å². The molecule has 0 saturated heterocycles. The Morgan fingerprint density at radius 1 is 1.25 bits per heavy atom. The fourth-order valence-electron chi connectivity index (χ4n) is 2.79. The second-order valence-corrected chi connectivity index (χ2v) is 7.36. The van der Waals surface area contributed by atoms with Gasteiger partial charge in [-0.3, -0.25) is 19.3 Å². The van der Waals surface area contributed by atoms with E-state index in [1.165, 1.54) is 11.8 Å². The minimum absolute atomic E-state index is 0.162. The van der Waals surface area contributed by atoms with Gasteiger partial charge in [0.05, 0.1) is 17.4 Å². The number of nitrogens with one attached hydrogen (secondary N) is 2. The molecule has 9 heteroatoms. The Morgan fingerprint density at radius 3 is 2.75 bits per heavy atom. The number of anilines is 1. The van der Waals surface area contributed by atoms with Crippen LogP contribution in [0.4, 0.5) is 5.69 Å². The number of amides is 1. The first-order valence-corrected chi connectivity index (χ1v) is 10.1. The van der Waals surface area contributed by atoms with E-state index in [0.29, 0.717) is 22.0 Å². The van der Waals surface area contributed by atoms with Gasteiger partial charge in [0, 0.05) is 17.8 Å². The molecule has 1 aromatic carbocycles. The Balaban J connectivity index is 1.91. The number of nitrogens with zero attached hydrogens (tertiary/aromatic N) is 4. The highest BCUT2D eigenvalue weighted by Crippen LogP contribution is 2.25. The molecule has 146 valence electrons. The van der Waals surface area contributed by atoms with Crippen LogP contribution in [0.25, 0.3) is 11.3 Å². The Hall–Kier alpha value is -2.94. The largest absolute Gasteiger partial charge is 0.321 e. The van der Waals surface area contributed by atoms with E-state index in [4.69, 9.17) is 0 Å². The van der Waals surface area contributed by atoms with Crippen LogP contribution >= 0.6 is 11.8 Å². The van der Waals surface area contributed by atoms with Crippen molar-refractivity contribution < 1.29 is 4.79 Å². The first kappa shape index (κ1) is 19.8. The van der Waals surface area contributed by atoms with Gasteiger partial charge in [0.1, 0.15) is 0 Å². The molecule has 0 radical (unpaired) electrons. The van der Waals surface area contributed by atoms with Crippen LogP contribution in [-0.2, 0) is 6.54 Å². The maximum atomic E-state index is 12.8. The lowest BCUT2D eigenvalue weighted by Gasteiger charge is -2.10. The second kappa shape index (κ2) is 8.83. The number of rotatable bonds is 7. The summed E-state index contributed by atoms with van der Waals surface area (Å²) in [5.74, 6) is 0.497. The molecular formula is C19H22N6O2S. The molecule has 2 N–H and O–H groups in total. The molecule has 0 saturated carbocycles. The van der Waals surface area contributed by atoms with Crippen LogP contribution in [-0.4, -0.2) is 36.6 Å². The van der Waals surface area contributed by atoms with E-state index in [1.54, 1.807) is 35.1 Å². The number of thioether (sulfide) groups is 1. The molecule has 8 nitrogen and oxygen atoms in total. The number of H-pyrrole nitrogens is 1. The van der Waals surface area contributed by atoms with Crippen LogP contribution in [0.15, 0.2) is 40.4 Å². The molecular weight excluding hydrogens is 376 g/mol. The Kier molecular flexibility index (Phi) is 6.25. The fraction of sp³-hybridized carbons (Fsp3) is 0.316. The lowest BCUT2D eigenvalue weighted by Crippen LogP contribution is -2.17. The zero-order chi connectivity index (χ0) is 20.1. The molecule has 0 fully saturated rings. The van der Waals surface area contributed by atoms with Crippen LogP contribution in [0.5, 0.6) is 0 Å². The number of hydrogen-bond donors (Lipinski definition) is 2. The summed E-state index contributed by atoms with van der Waals surface area (Å²) < 4.78 is 1.81. The van der Waals surface area contributed by atoms with Gasteiger partial charge in [0.2, 0.25) is 0 Å². The van der Waals surface area contributed by atoms with Gasteiger partial charge >= 0.3 is 0 Å². The summed E-state index contributed by atoms with van der Waals surface area (Å²) in [6, 6.07) is 7.03. The molecule has 0 bridgehead atoms. The highest BCUT2D eigenvalue weighted by Gasteiger charge is 2.17.